The molecular weight excluding hydrogens is 227 g/mol. The molecule has 1 aromatic rings. The van der Waals surface area contributed by atoms with Crippen LogP contribution in [0.4, 0.5) is 0 Å². The van der Waals surface area contributed by atoms with E-state index in [1.807, 2.05) is 0 Å². The molecule has 0 heterocycles. The standard InChI is InChI=1S/C8H8ClO4P/c1-6(13-14(10,11)12)7-2-4-8(9)5-3-7/h2-5H,1H2,(H2,10,11,12). The third-order valence-electron chi connectivity index (χ3n) is 1.40. The van der Waals surface area contributed by atoms with E-state index < -0.39 is 7.82 Å². The number of hydrogen-bond acceptors (Lipinski definition) is 2. The monoisotopic (exact) mass is 234 g/mol. The summed E-state index contributed by atoms with van der Waals surface area (Å²) in [6.07, 6.45) is 0. The van der Waals surface area contributed by atoms with E-state index in [2.05, 4.69) is 11.1 Å². The normalized spacial score (nSPS) is 11.1. The van der Waals surface area contributed by atoms with Crippen molar-refractivity contribution in [2.24, 2.45) is 0 Å². The first-order valence-corrected chi connectivity index (χ1v) is 5.49. The molecule has 1 aromatic carbocycles. The van der Waals surface area contributed by atoms with Gasteiger partial charge in [0.15, 0.2) is 0 Å². The zero-order valence-electron chi connectivity index (χ0n) is 7.05. The van der Waals surface area contributed by atoms with Crippen LogP contribution in [0.3, 0.4) is 0 Å². The SMILES string of the molecule is C=C(OP(=O)(O)O)c1ccc(Cl)cc1. The van der Waals surface area contributed by atoms with E-state index in [0.717, 1.165) is 0 Å². The van der Waals surface area contributed by atoms with E-state index in [1.165, 1.54) is 0 Å². The highest BCUT2D eigenvalue weighted by Gasteiger charge is 2.17. The largest absolute Gasteiger partial charge is 0.524 e. The topological polar surface area (TPSA) is 66.8 Å². The van der Waals surface area contributed by atoms with Gasteiger partial charge in [-0.2, -0.15) is 0 Å². The summed E-state index contributed by atoms with van der Waals surface area (Å²) in [7, 11) is -4.53. The predicted octanol–water partition coefficient (Wildman–Crippen LogP) is 2.42. The third kappa shape index (κ3) is 3.52. The molecule has 14 heavy (non-hydrogen) atoms. The second-order valence-corrected chi connectivity index (χ2v) is 4.11. The van der Waals surface area contributed by atoms with E-state index >= 15 is 0 Å². The fraction of sp³-hybridized carbons (Fsp3) is 0. The van der Waals surface area contributed by atoms with Gasteiger partial charge in [-0.25, -0.2) is 4.57 Å². The molecule has 0 amide bonds. The first kappa shape index (κ1) is 11.3. The second kappa shape index (κ2) is 4.15. The van der Waals surface area contributed by atoms with Gasteiger partial charge in [-0.1, -0.05) is 18.2 Å². The number of rotatable bonds is 3. The highest BCUT2D eigenvalue weighted by Crippen LogP contribution is 2.41. The number of benzene rings is 1. The molecule has 0 unspecified atom stereocenters. The van der Waals surface area contributed by atoms with Crippen LogP contribution in [0.25, 0.3) is 5.76 Å². The highest BCUT2D eigenvalue weighted by atomic mass is 35.5. The van der Waals surface area contributed by atoms with Gasteiger partial charge in [0.1, 0.15) is 5.76 Å². The van der Waals surface area contributed by atoms with Crippen LogP contribution >= 0.6 is 19.4 Å². The molecule has 0 aliphatic rings. The predicted molar refractivity (Wildman–Crippen MR) is 53.6 cm³/mol. The van der Waals surface area contributed by atoms with Gasteiger partial charge in [0.25, 0.3) is 0 Å². The summed E-state index contributed by atoms with van der Waals surface area (Å²) in [5.74, 6) is -0.0880. The van der Waals surface area contributed by atoms with Crippen LogP contribution < -0.4 is 0 Å². The summed E-state index contributed by atoms with van der Waals surface area (Å²) in [6, 6.07) is 6.26. The Labute approximate surface area is 86.0 Å². The van der Waals surface area contributed by atoms with Gasteiger partial charge in [0.05, 0.1) is 0 Å². The summed E-state index contributed by atoms with van der Waals surface area (Å²) in [5.41, 5.74) is 0.470. The van der Waals surface area contributed by atoms with Crippen molar-refractivity contribution in [3.63, 3.8) is 0 Å². The molecule has 0 bridgehead atoms. The van der Waals surface area contributed by atoms with Crippen LogP contribution in [0.2, 0.25) is 5.02 Å². The Morgan fingerprint density at radius 3 is 2.29 bits per heavy atom. The van der Waals surface area contributed by atoms with E-state index in [0.29, 0.717) is 10.6 Å². The van der Waals surface area contributed by atoms with Crippen LogP contribution in [-0.4, -0.2) is 9.79 Å². The van der Waals surface area contributed by atoms with Gasteiger partial charge in [-0.3, -0.25) is 9.79 Å². The fourth-order valence-corrected chi connectivity index (χ4v) is 1.35. The van der Waals surface area contributed by atoms with Gasteiger partial charge in [-0.15, -0.1) is 0 Å². The van der Waals surface area contributed by atoms with E-state index in [1.54, 1.807) is 24.3 Å². The molecule has 0 atom stereocenters. The Kier molecular flexibility index (Phi) is 3.34. The average Bonchev–Trinajstić information content (AvgIpc) is 2.02. The smallest absolute Gasteiger partial charge is 0.404 e. The molecule has 0 aliphatic carbocycles. The molecule has 0 aliphatic heterocycles. The minimum absolute atomic E-state index is 0.0880. The van der Waals surface area contributed by atoms with Crippen molar-refractivity contribution in [2.75, 3.05) is 0 Å². The Hall–Kier alpha value is -0.800. The van der Waals surface area contributed by atoms with Crippen molar-refractivity contribution in [2.45, 2.75) is 0 Å². The first-order chi connectivity index (χ1) is 6.38. The molecule has 0 aromatic heterocycles. The molecular formula is C8H8ClO4P. The molecule has 0 fully saturated rings. The average molecular weight is 235 g/mol. The Morgan fingerprint density at radius 1 is 1.36 bits per heavy atom. The van der Waals surface area contributed by atoms with Gasteiger partial charge in [-0.05, 0) is 24.3 Å². The zero-order valence-corrected chi connectivity index (χ0v) is 8.70. The minimum Gasteiger partial charge on any atom is -0.404 e. The van der Waals surface area contributed by atoms with Gasteiger partial charge in [0, 0.05) is 10.6 Å². The summed E-state index contributed by atoms with van der Waals surface area (Å²) < 4.78 is 14.8. The lowest BCUT2D eigenvalue weighted by Gasteiger charge is -2.09. The van der Waals surface area contributed by atoms with E-state index in [9.17, 15) is 4.57 Å². The Morgan fingerprint density at radius 2 is 1.86 bits per heavy atom. The molecule has 0 spiro atoms. The number of phosphoric acid groups is 1. The van der Waals surface area contributed by atoms with Crippen LogP contribution in [0.5, 0.6) is 0 Å². The summed E-state index contributed by atoms with van der Waals surface area (Å²) in [4.78, 5) is 17.0. The highest BCUT2D eigenvalue weighted by molar-refractivity contribution is 7.46. The van der Waals surface area contributed by atoms with Gasteiger partial charge < -0.3 is 4.52 Å². The van der Waals surface area contributed by atoms with Crippen molar-refractivity contribution in [1.82, 2.24) is 0 Å². The van der Waals surface area contributed by atoms with Crippen LogP contribution in [0.1, 0.15) is 5.56 Å². The third-order valence-corrected chi connectivity index (χ3v) is 2.11. The van der Waals surface area contributed by atoms with Crippen molar-refractivity contribution in [3.8, 4) is 0 Å². The Balaban J connectivity index is 2.81. The van der Waals surface area contributed by atoms with E-state index in [4.69, 9.17) is 21.4 Å². The van der Waals surface area contributed by atoms with Crippen molar-refractivity contribution in [3.05, 3.63) is 41.4 Å². The molecule has 0 radical (unpaired) electrons. The molecule has 2 N–H and O–H groups in total. The molecule has 0 saturated carbocycles. The number of halogens is 1. The maximum atomic E-state index is 10.5. The summed E-state index contributed by atoms with van der Waals surface area (Å²) in [5, 5.41) is 0.526. The maximum absolute atomic E-state index is 10.5. The van der Waals surface area contributed by atoms with Crippen molar-refractivity contribution < 1.29 is 18.9 Å². The number of hydrogen-bond donors (Lipinski definition) is 2. The molecule has 1 rings (SSSR count). The molecule has 6 heteroatoms. The zero-order chi connectivity index (χ0) is 10.8. The van der Waals surface area contributed by atoms with Crippen molar-refractivity contribution in [1.29, 1.82) is 0 Å². The van der Waals surface area contributed by atoms with Crippen LogP contribution in [-0.2, 0) is 9.09 Å². The first-order valence-electron chi connectivity index (χ1n) is 3.58. The van der Waals surface area contributed by atoms with Crippen LogP contribution in [0.15, 0.2) is 30.8 Å². The molecule has 76 valence electrons. The minimum atomic E-state index is -4.53. The maximum Gasteiger partial charge on any atom is 0.524 e. The summed E-state index contributed by atoms with van der Waals surface area (Å²) >= 11 is 5.63. The quantitative estimate of drug-likeness (QED) is 0.623. The summed E-state index contributed by atoms with van der Waals surface area (Å²) in [6.45, 7) is 3.38. The van der Waals surface area contributed by atoms with E-state index in [-0.39, 0.29) is 5.76 Å². The second-order valence-electron chi connectivity index (χ2n) is 2.51. The molecule has 0 saturated heterocycles. The lowest BCUT2D eigenvalue weighted by atomic mass is 10.2. The Bertz CT molecular complexity index is 381. The number of phosphoric ester groups is 1. The lowest BCUT2D eigenvalue weighted by Crippen LogP contribution is -1.88. The van der Waals surface area contributed by atoms with Gasteiger partial charge >= 0.3 is 7.82 Å². The lowest BCUT2D eigenvalue weighted by molar-refractivity contribution is 0.269. The van der Waals surface area contributed by atoms with Gasteiger partial charge in [0.2, 0.25) is 0 Å². The van der Waals surface area contributed by atoms with Crippen molar-refractivity contribution >= 4 is 25.2 Å². The van der Waals surface area contributed by atoms with Crippen LogP contribution in [0, 0.1) is 0 Å². The molecule has 4 nitrogen and oxygen atoms in total. The fourth-order valence-electron chi connectivity index (χ4n) is 0.832.